The Hall–Kier alpha value is -4.65. The average molecular weight is 498 g/mol. The van der Waals surface area contributed by atoms with E-state index in [0.717, 1.165) is 27.4 Å². The maximum atomic E-state index is 11.8. The van der Waals surface area contributed by atoms with E-state index in [4.69, 9.17) is 18.9 Å². The molecule has 7 heteroatoms. The number of benzene rings is 4. The van der Waals surface area contributed by atoms with Gasteiger partial charge in [-0.05, 0) is 42.1 Å². The summed E-state index contributed by atoms with van der Waals surface area (Å²) < 4.78 is 24.5. The first kappa shape index (κ1) is 24.1. The van der Waals surface area contributed by atoms with Crippen molar-refractivity contribution in [2.24, 2.45) is 0 Å². The molecule has 0 saturated heterocycles. The molecule has 37 heavy (non-hydrogen) atoms. The fourth-order valence-electron chi connectivity index (χ4n) is 4.69. The predicted molar refractivity (Wildman–Crippen MR) is 143 cm³/mol. The SMILES string of the molecule is COc1ccc(OC)c(-c2c(OC(=O)O)n(CCCOc3cccc4ccccc34)c3ccccc23)c1. The Morgan fingerprint density at radius 1 is 0.838 bits per heavy atom. The van der Waals surface area contributed by atoms with Gasteiger partial charge in [-0.1, -0.05) is 54.6 Å². The number of fused-ring (bicyclic) bond motifs is 2. The summed E-state index contributed by atoms with van der Waals surface area (Å²) in [5.74, 6) is 2.25. The lowest BCUT2D eigenvalue weighted by Gasteiger charge is -2.14. The van der Waals surface area contributed by atoms with Crippen molar-refractivity contribution < 1.29 is 28.8 Å². The number of aryl methyl sites for hydroxylation is 1. The summed E-state index contributed by atoms with van der Waals surface area (Å²) in [4.78, 5) is 11.8. The Balaban J connectivity index is 1.51. The van der Waals surface area contributed by atoms with Crippen LogP contribution in [0.15, 0.2) is 84.9 Å². The maximum Gasteiger partial charge on any atom is 0.512 e. The van der Waals surface area contributed by atoms with Crippen LogP contribution in [0.5, 0.6) is 23.1 Å². The molecule has 0 saturated carbocycles. The summed E-state index contributed by atoms with van der Waals surface area (Å²) in [6.07, 6.45) is -0.758. The lowest BCUT2D eigenvalue weighted by Crippen LogP contribution is -2.11. The number of nitrogens with zero attached hydrogens (tertiary/aromatic N) is 1. The molecule has 1 aromatic heterocycles. The van der Waals surface area contributed by atoms with Gasteiger partial charge in [0, 0.05) is 22.9 Å². The van der Waals surface area contributed by atoms with Crippen LogP contribution in [0.25, 0.3) is 32.8 Å². The highest BCUT2D eigenvalue weighted by Gasteiger charge is 2.24. The summed E-state index contributed by atoms with van der Waals surface area (Å²) in [5.41, 5.74) is 2.16. The van der Waals surface area contributed by atoms with Gasteiger partial charge < -0.3 is 28.6 Å². The van der Waals surface area contributed by atoms with Gasteiger partial charge in [0.1, 0.15) is 17.2 Å². The van der Waals surface area contributed by atoms with Crippen molar-refractivity contribution in [2.45, 2.75) is 13.0 Å². The van der Waals surface area contributed by atoms with E-state index in [9.17, 15) is 9.90 Å². The Morgan fingerprint density at radius 2 is 1.59 bits per heavy atom. The normalized spacial score (nSPS) is 11.0. The van der Waals surface area contributed by atoms with E-state index >= 15 is 0 Å². The van der Waals surface area contributed by atoms with Crippen LogP contribution in [0.3, 0.4) is 0 Å². The van der Waals surface area contributed by atoms with Crippen LogP contribution in [0.4, 0.5) is 4.79 Å². The first-order valence-corrected chi connectivity index (χ1v) is 12.0. The van der Waals surface area contributed by atoms with E-state index in [0.29, 0.717) is 42.2 Å². The summed E-state index contributed by atoms with van der Waals surface area (Å²) in [7, 11) is 3.16. The Morgan fingerprint density at radius 3 is 2.38 bits per heavy atom. The number of para-hydroxylation sites is 1. The molecular weight excluding hydrogens is 470 g/mol. The van der Waals surface area contributed by atoms with Gasteiger partial charge in [0.25, 0.3) is 0 Å². The first-order valence-electron chi connectivity index (χ1n) is 12.0. The molecule has 1 N–H and O–H groups in total. The monoisotopic (exact) mass is 497 g/mol. The van der Waals surface area contributed by atoms with Crippen LogP contribution in [-0.4, -0.2) is 36.7 Å². The van der Waals surface area contributed by atoms with E-state index in [2.05, 4.69) is 12.1 Å². The largest absolute Gasteiger partial charge is 0.512 e. The number of carbonyl (C=O) groups is 1. The van der Waals surface area contributed by atoms with Gasteiger partial charge in [-0.25, -0.2) is 4.79 Å². The van der Waals surface area contributed by atoms with E-state index in [1.54, 1.807) is 26.4 Å². The lowest BCUT2D eigenvalue weighted by atomic mass is 10.0. The molecule has 5 rings (SSSR count). The van der Waals surface area contributed by atoms with Crippen LogP contribution in [0.1, 0.15) is 6.42 Å². The smallest absolute Gasteiger partial charge is 0.497 e. The number of aromatic nitrogens is 1. The molecule has 0 bridgehead atoms. The molecule has 0 amide bonds. The van der Waals surface area contributed by atoms with Gasteiger partial charge in [-0.3, -0.25) is 0 Å². The second kappa shape index (κ2) is 10.5. The van der Waals surface area contributed by atoms with E-state index in [1.165, 1.54) is 0 Å². The third kappa shape index (κ3) is 4.76. The average Bonchev–Trinajstić information content (AvgIpc) is 3.22. The zero-order valence-electron chi connectivity index (χ0n) is 20.6. The van der Waals surface area contributed by atoms with Gasteiger partial charge in [0.05, 0.1) is 31.9 Å². The number of rotatable bonds is 9. The van der Waals surface area contributed by atoms with Gasteiger partial charge >= 0.3 is 6.16 Å². The van der Waals surface area contributed by atoms with Crippen molar-refractivity contribution in [3.63, 3.8) is 0 Å². The van der Waals surface area contributed by atoms with Crippen molar-refractivity contribution in [1.82, 2.24) is 4.57 Å². The van der Waals surface area contributed by atoms with Gasteiger partial charge in [0.15, 0.2) is 0 Å². The molecule has 0 aliphatic carbocycles. The fourth-order valence-corrected chi connectivity index (χ4v) is 4.69. The second-order valence-corrected chi connectivity index (χ2v) is 8.46. The molecule has 188 valence electrons. The van der Waals surface area contributed by atoms with Crippen LogP contribution in [0.2, 0.25) is 0 Å². The third-order valence-corrected chi connectivity index (χ3v) is 6.32. The van der Waals surface area contributed by atoms with Crippen molar-refractivity contribution in [3.8, 4) is 34.3 Å². The quantitative estimate of drug-likeness (QED) is 0.174. The van der Waals surface area contributed by atoms with Crippen LogP contribution in [0, 0.1) is 0 Å². The molecule has 4 aromatic carbocycles. The second-order valence-electron chi connectivity index (χ2n) is 8.46. The highest BCUT2D eigenvalue weighted by molar-refractivity contribution is 6.02. The van der Waals surface area contributed by atoms with Crippen LogP contribution >= 0.6 is 0 Å². The third-order valence-electron chi connectivity index (χ3n) is 6.32. The van der Waals surface area contributed by atoms with Gasteiger partial charge in [-0.15, -0.1) is 0 Å². The first-order chi connectivity index (χ1) is 18.1. The molecule has 1 heterocycles. The minimum Gasteiger partial charge on any atom is -0.497 e. The summed E-state index contributed by atoms with van der Waals surface area (Å²) in [6, 6.07) is 27.2. The zero-order valence-corrected chi connectivity index (χ0v) is 20.6. The minimum atomic E-state index is -1.39. The summed E-state index contributed by atoms with van der Waals surface area (Å²) in [6.45, 7) is 0.936. The zero-order chi connectivity index (χ0) is 25.8. The highest BCUT2D eigenvalue weighted by Crippen LogP contribution is 2.45. The van der Waals surface area contributed by atoms with Crippen molar-refractivity contribution in [3.05, 3.63) is 84.9 Å². The van der Waals surface area contributed by atoms with Crippen molar-refractivity contribution >= 4 is 27.8 Å². The molecule has 0 radical (unpaired) electrons. The summed E-state index contributed by atoms with van der Waals surface area (Å²) >= 11 is 0. The Kier molecular flexibility index (Phi) is 6.85. The Bertz CT molecular complexity index is 1570. The number of hydrogen-bond donors (Lipinski definition) is 1. The number of carboxylic acid groups (broad SMARTS) is 1. The summed E-state index contributed by atoms with van der Waals surface area (Å²) in [5, 5.41) is 12.6. The molecule has 5 aromatic rings. The number of methoxy groups -OCH3 is 2. The molecule has 0 atom stereocenters. The molecule has 0 spiro atoms. The van der Waals surface area contributed by atoms with Crippen molar-refractivity contribution in [2.75, 3.05) is 20.8 Å². The topological polar surface area (TPSA) is 79.2 Å². The van der Waals surface area contributed by atoms with E-state index < -0.39 is 6.16 Å². The fraction of sp³-hybridized carbons (Fsp3) is 0.167. The molecular formula is C30H27NO6. The molecule has 0 aliphatic rings. The maximum absolute atomic E-state index is 11.8. The van der Waals surface area contributed by atoms with Crippen molar-refractivity contribution in [1.29, 1.82) is 0 Å². The molecule has 0 fully saturated rings. The standard InChI is InChI=1S/C30H27NO6/c1-34-21-15-16-26(35-2)24(19-21)28-23-12-5-6-13-25(23)31(29(28)37-30(32)33)17-8-18-36-27-14-7-10-20-9-3-4-11-22(20)27/h3-7,9-16,19H,8,17-18H2,1-2H3,(H,32,33). The van der Waals surface area contributed by atoms with Gasteiger partial charge in [-0.2, -0.15) is 0 Å². The minimum absolute atomic E-state index is 0.227. The van der Waals surface area contributed by atoms with E-state index in [-0.39, 0.29) is 5.88 Å². The predicted octanol–water partition coefficient (Wildman–Crippen LogP) is 7.00. The van der Waals surface area contributed by atoms with Gasteiger partial charge in [0.2, 0.25) is 5.88 Å². The molecule has 0 unspecified atom stereocenters. The highest BCUT2D eigenvalue weighted by atomic mass is 16.7. The Labute approximate surface area is 214 Å². The van der Waals surface area contributed by atoms with Crippen LogP contribution < -0.4 is 18.9 Å². The molecule has 7 nitrogen and oxygen atoms in total. The lowest BCUT2D eigenvalue weighted by molar-refractivity contribution is 0.141. The van der Waals surface area contributed by atoms with Crippen LogP contribution in [-0.2, 0) is 6.54 Å². The number of ether oxygens (including phenoxy) is 4. The molecule has 0 aliphatic heterocycles. The number of hydrogen-bond acceptors (Lipinski definition) is 5. The van der Waals surface area contributed by atoms with E-state index in [1.807, 2.05) is 65.2 Å².